The predicted molar refractivity (Wildman–Crippen MR) is 112 cm³/mol. The second-order valence-electron chi connectivity index (χ2n) is 7.76. The summed E-state index contributed by atoms with van der Waals surface area (Å²) in [5, 5.41) is 7.10. The molecule has 0 aromatic carbocycles. The molecule has 6 nitrogen and oxygen atoms in total. The summed E-state index contributed by atoms with van der Waals surface area (Å²) in [6.07, 6.45) is 2.85. The smallest absolute Gasteiger partial charge is 0.191 e. The Bertz CT molecular complexity index is 441. The van der Waals surface area contributed by atoms with E-state index in [1.165, 1.54) is 12.8 Å². The van der Waals surface area contributed by atoms with E-state index in [1.807, 2.05) is 0 Å². The largest absolute Gasteiger partial charge is 0.379 e. The van der Waals surface area contributed by atoms with Gasteiger partial charge in [0.15, 0.2) is 5.96 Å². The Morgan fingerprint density at radius 1 is 1.24 bits per heavy atom. The number of fused-ring (bicyclic) bond motifs is 1. The van der Waals surface area contributed by atoms with Crippen molar-refractivity contribution in [2.45, 2.75) is 45.8 Å². The van der Waals surface area contributed by atoms with Crippen LogP contribution in [0.1, 0.15) is 33.6 Å². The van der Waals surface area contributed by atoms with Gasteiger partial charge in [-0.2, -0.15) is 0 Å². The van der Waals surface area contributed by atoms with Crippen LogP contribution in [0.4, 0.5) is 0 Å². The molecule has 3 aliphatic rings. The molecule has 0 bridgehead atoms. The lowest BCUT2D eigenvalue weighted by atomic mass is 9.55. The van der Waals surface area contributed by atoms with Crippen LogP contribution >= 0.6 is 24.0 Å². The summed E-state index contributed by atoms with van der Waals surface area (Å²) >= 11 is 0. The van der Waals surface area contributed by atoms with Crippen LogP contribution in [0.3, 0.4) is 0 Å². The van der Waals surface area contributed by atoms with Crippen molar-refractivity contribution in [1.82, 2.24) is 15.5 Å². The van der Waals surface area contributed by atoms with Crippen molar-refractivity contribution in [3.05, 3.63) is 0 Å². The molecule has 0 radical (unpaired) electrons. The van der Waals surface area contributed by atoms with Crippen molar-refractivity contribution < 1.29 is 9.47 Å². The molecule has 0 aromatic heterocycles. The highest BCUT2D eigenvalue weighted by Gasteiger charge is 2.58. The van der Waals surface area contributed by atoms with Crippen molar-refractivity contribution in [1.29, 1.82) is 0 Å². The van der Waals surface area contributed by atoms with Crippen LogP contribution in [0.25, 0.3) is 0 Å². The van der Waals surface area contributed by atoms with E-state index in [-0.39, 0.29) is 29.4 Å². The lowest BCUT2D eigenvalue weighted by molar-refractivity contribution is -0.188. The van der Waals surface area contributed by atoms with Gasteiger partial charge < -0.3 is 20.1 Å². The zero-order valence-corrected chi connectivity index (χ0v) is 18.3. The zero-order chi connectivity index (χ0) is 17.0. The quantitative estimate of drug-likeness (QED) is 0.367. The molecule has 3 unspecified atom stereocenters. The van der Waals surface area contributed by atoms with Gasteiger partial charge in [-0.25, -0.2) is 0 Å². The van der Waals surface area contributed by atoms with Crippen molar-refractivity contribution in [3.63, 3.8) is 0 Å². The normalized spacial score (nSPS) is 32.1. The number of halogens is 1. The van der Waals surface area contributed by atoms with Gasteiger partial charge in [0.2, 0.25) is 0 Å². The summed E-state index contributed by atoms with van der Waals surface area (Å²) in [5.74, 6) is 1.57. The van der Waals surface area contributed by atoms with E-state index in [0.29, 0.717) is 18.1 Å². The topological polar surface area (TPSA) is 58.1 Å². The highest BCUT2D eigenvalue weighted by Crippen LogP contribution is 2.51. The molecule has 2 aliphatic heterocycles. The Labute approximate surface area is 169 Å². The highest BCUT2D eigenvalue weighted by atomic mass is 127. The van der Waals surface area contributed by atoms with Crippen LogP contribution in [0.5, 0.6) is 0 Å². The molecule has 0 amide bonds. The maximum absolute atomic E-state index is 6.01. The minimum Gasteiger partial charge on any atom is -0.379 e. The average Bonchev–Trinajstić information content (AvgIpc) is 2.60. The number of hydrogen-bond acceptors (Lipinski definition) is 4. The first-order valence-corrected chi connectivity index (χ1v) is 9.59. The minimum atomic E-state index is 0. The maximum atomic E-state index is 6.01. The van der Waals surface area contributed by atoms with Gasteiger partial charge in [0, 0.05) is 50.2 Å². The third-order valence-corrected chi connectivity index (χ3v) is 5.76. The first-order chi connectivity index (χ1) is 11.6. The van der Waals surface area contributed by atoms with Crippen LogP contribution in [0, 0.1) is 11.3 Å². The summed E-state index contributed by atoms with van der Waals surface area (Å²) in [5.41, 5.74) is 0.172. The summed E-state index contributed by atoms with van der Waals surface area (Å²) in [4.78, 5) is 7.23. The predicted octanol–water partition coefficient (Wildman–Crippen LogP) is 1.70. The van der Waals surface area contributed by atoms with Gasteiger partial charge in [0.25, 0.3) is 0 Å². The first kappa shape index (κ1) is 21.2. The Morgan fingerprint density at radius 2 is 2.00 bits per heavy atom. The van der Waals surface area contributed by atoms with Gasteiger partial charge in [-0.15, -0.1) is 24.0 Å². The molecule has 3 atom stereocenters. The van der Waals surface area contributed by atoms with Crippen LogP contribution < -0.4 is 10.6 Å². The van der Waals surface area contributed by atoms with Crippen LogP contribution in [-0.4, -0.2) is 75.5 Å². The van der Waals surface area contributed by atoms with Crippen molar-refractivity contribution >= 4 is 29.9 Å². The molecule has 2 saturated heterocycles. The molecular formula is C18H35IN4O2. The Balaban J connectivity index is 0.00000225. The first-order valence-electron chi connectivity index (χ1n) is 9.59. The molecule has 7 heteroatoms. The van der Waals surface area contributed by atoms with E-state index in [9.17, 15) is 0 Å². The molecule has 3 fully saturated rings. The highest BCUT2D eigenvalue weighted by molar-refractivity contribution is 14.0. The SMILES string of the molecule is CCNC(=NCCN1CCOCC1)NC1C2CCCOC2C1(C)C.I. The fourth-order valence-corrected chi connectivity index (χ4v) is 4.41. The second-order valence-corrected chi connectivity index (χ2v) is 7.76. The van der Waals surface area contributed by atoms with Crippen LogP contribution in [0.2, 0.25) is 0 Å². The lowest BCUT2D eigenvalue weighted by Gasteiger charge is -2.60. The fourth-order valence-electron chi connectivity index (χ4n) is 4.41. The third kappa shape index (κ3) is 4.99. The summed E-state index contributed by atoms with van der Waals surface area (Å²) in [6.45, 7) is 14.1. The molecule has 2 N–H and O–H groups in total. The standard InChI is InChI=1S/C18H34N4O2.HI/c1-4-19-17(20-7-8-22-9-12-23-13-10-22)21-15-14-6-5-11-24-16(14)18(15,2)3;/h14-16H,4-13H2,1-3H3,(H2,19,20,21);1H. The summed E-state index contributed by atoms with van der Waals surface area (Å²) in [6, 6.07) is 0.448. The molecule has 0 aromatic rings. The van der Waals surface area contributed by atoms with E-state index in [4.69, 9.17) is 14.5 Å². The minimum absolute atomic E-state index is 0. The average molecular weight is 466 g/mol. The second kappa shape index (κ2) is 9.71. The molecule has 3 rings (SSSR count). The van der Waals surface area contributed by atoms with Gasteiger partial charge in [-0.05, 0) is 19.8 Å². The van der Waals surface area contributed by atoms with E-state index >= 15 is 0 Å². The number of nitrogens with zero attached hydrogens (tertiary/aromatic N) is 2. The monoisotopic (exact) mass is 466 g/mol. The number of aliphatic imine (C=N–C) groups is 1. The zero-order valence-electron chi connectivity index (χ0n) is 15.9. The van der Waals surface area contributed by atoms with Gasteiger partial charge in [-0.1, -0.05) is 13.8 Å². The maximum Gasteiger partial charge on any atom is 0.191 e. The fraction of sp³-hybridized carbons (Fsp3) is 0.944. The molecule has 1 saturated carbocycles. The van der Waals surface area contributed by atoms with Crippen molar-refractivity contribution in [3.8, 4) is 0 Å². The molecule has 1 aliphatic carbocycles. The Morgan fingerprint density at radius 3 is 2.72 bits per heavy atom. The number of ether oxygens (including phenoxy) is 2. The molecule has 25 heavy (non-hydrogen) atoms. The Hall–Kier alpha value is -0.120. The lowest BCUT2D eigenvalue weighted by Crippen LogP contribution is -2.71. The number of guanidine groups is 1. The Kier molecular flexibility index (Phi) is 8.23. The van der Waals surface area contributed by atoms with Crippen molar-refractivity contribution in [2.75, 3.05) is 52.5 Å². The molecule has 2 heterocycles. The van der Waals surface area contributed by atoms with Gasteiger partial charge >= 0.3 is 0 Å². The van der Waals surface area contributed by atoms with E-state index in [2.05, 4.69) is 36.3 Å². The van der Waals surface area contributed by atoms with E-state index < -0.39 is 0 Å². The van der Waals surface area contributed by atoms with E-state index in [1.54, 1.807) is 0 Å². The number of rotatable bonds is 5. The van der Waals surface area contributed by atoms with Gasteiger partial charge in [-0.3, -0.25) is 9.89 Å². The molecule has 0 spiro atoms. The van der Waals surface area contributed by atoms with Gasteiger partial charge in [0.05, 0.1) is 25.9 Å². The van der Waals surface area contributed by atoms with Crippen LogP contribution in [0.15, 0.2) is 4.99 Å². The molecular weight excluding hydrogens is 431 g/mol. The van der Waals surface area contributed by atoms with Crippen LogP contribution in [-0.2, 0) is 9.47 Å². The molecule has 146 valence electrons. The number of nitrogens with one attached hydrogen (secondary N) is 2. The number of hydrogen-bond donors (Lipinski definition) is 2. The third-order valence-electron chi connectivity index (χ3n) is 5.76. The number of morpholine rings is 1. The van der Waals surface area contributed by atoms with Crippen molar-refractivity contribution in [2.24, 2.45) is 16.3 Å². The van der Waals surface area contributed by atoms with E-state index in [0.717, 1.165) is 58.5 Å². The summed E-state index contributed by atoms with van der Waals surface area (Å²) in [7, 11) is 0. The van der Waals surface area contributed by atoms with Gasteiger partial charge in [0.1, 0.15) is 0 Å². The summed E-state index contributed by atoms with van der Waals surface area (Å²) < 4.78 is 11.4.